The van der Waals surface area contributed by atoms with E-state index in [2.05, 4.69) is 0 Å². The number of aliphatic carboxylic acids is 7. The predicted molar refractivity (Wildman–Crippen MR) is 482 cm³/mol. The molecule has 16 bridgehead atoms. The number of hydrogen-bond donors (Lipinski definition) is 23. The monoisotopic (exact) mass is 2130 g/mol. The third kappa shape index (κ3) is 30.9. The van der Waals surface area contributed by atoms with Gasteiger partial charge in [-0.05, 0) is 0 Å². The molecule has 48 nitrogen and oxygen atoms in total. The minimum atomic E-state index is -3.85. The molecule has 0 saturated carbocycles. The summed E-state index contributed by atoms with van der Waals surface area (Å²) in [5.41, 5.74) is 0. The van der Waals surface area contributed by atoms with Crippen molar-refractivity contribution in [2.75, 3.05) is 93.5 Å². The van der Waals surface area contributed by atoms with Crippen LogP contribution in [-0.4, -0.2) is 492 Å². The van der Waals surface area contributed by atoms with E-state index in [-0.39, 0.29) is 46.0 Å². The number of carboxylic acid groups (broad SMARTS) is 7. The van der Waals surface area contributed by atoms with Crippen LogP contribution < -0.4 is 10.6 Å². The molecule has 23 N–H and O–H groups in total. The van der Waals surface area contributed by atoms with Crippen molar-refractivity contribution in [2.24, 2.45) is 0 Å². The van der Waals surface area contributed by atoms with Crippen molar-refractivity contribution in [1.82, 2.24) is 0 Å². The molecule has 30 aliphatic heterocycles. The van der Waals surface area contributed by atoms with Gasteiger partial charge in [0.15, 0.2) is 51.2 Å². The normalized spacial score (nSPS) is 39.4. The Kier molecular flexibility index (Phi) is 44.9. The average molecular weight is 2130 g/mol. The van der Waals surface area contributed by atoms with Gasteiger partial charge in [0.1, 0.15) is 153 Å². The third-order valence-corrected chi connectivity index (χ3v) is 33.7. The molecule has 2 aromatic carbocycles. The largest absolute Gasteiger partial charge is 0.481 e. The second-order valence-electron chi connectivity index (χ2n) is 33.5. The Morgan fingerprint density at radius 2 is 0.493 bits per heavy atom. The Morgan fingerprint density at radius 1 is 0.283 bits per heavy atom. The molecule has 30 aliphatic rings. The summed E-state index contributed by atoms with van der Waals surface area (Å²) in [6.07, 6.45) is -84.1. The summed E-state index contributed by atoms with van der Waals surface area (Å²) < 4.78 is 123. The van der Waals surface area contributed by atoms with Crippen LogP contribution in [0.25, 0.3) is 0 Å². The summed E-state index contributed by atoms with van der Waals surface area (Å²) in [6, 6.07) is 16.1. The highest BCUT2D eigenvalue weighted by atomic mass is 32.2. The van der Waals surface area contributed by atoms with Crippen LogP contribution in [0.4, 0.5) is 0 Å². The molecule has 30 saturated heterocycles. The first kappa shape index (κ1) is 114. The molecule has 2 aromatic rings. The maximum atomic E-state index is 15.5. The molecule has 782 valence electrons. The SMILES string of the molecule is O=C(O)CCSC[C@H]1O[C@@H]2O[C@H]3[C@H](O)[C@@H](O)[C@@H](O[C@H]4[C@@H](O)[C@@H](O)[C@@H](O[C@H]5[C@H](O)[C@@H](O)[C@@H](O[C@H]6[C@H](O)C[C@@](O)(O[C@H]7[C@@H](O)[C@@H](O)[C@@H](O[C@H]8[C@@H](O)[C@@H](O)[C@@H](O[C@H]9[C@H](O)[C@@H](O)[C@@H](O[C@H]1[C@H](O)[C@H]2O)O[C@@H]9CSCCC(=O)O)O[C@@H]8CSCCC(=O)O)O[C@@H]7CSCCC(=O)O)O[C@@H]6CSCCC(=O)O)O[C@@H]5CSCCC(=O)O)O[C@@H]4CSCCC(=O)O)O[C@@H]3COCP(=O)(c1ccccc1)c1ccccc1. The highest BCUT2D eigenvalue weighted by molar-refractivity contribution is 8.00. The fourth-order valence-electron chi connectivity index (χ4n) is 16.3. The van der Waals surface area contributed by atoms with Gasteiger partial charge in [0.2, 0.25) is 0 Å². The molecule has 0 amide bonds. The van der Waals surface area contributed by atoms with Gasteiger partial charge >= 0.3 is 41.8 Å². The van der Waals surface area contributed by atoms with E-state index in [4.69, 9.17) is 80.5 Å². The number of aliphatic hydroxyl groups is 16. The standard InChI is InChI=1S/C82H119O48PS7/c83-37-25-82(112)129-45(33-138-24-17-52(96)97)67(37)122-76-61(106)54(99)70(39(116-76)27-132-18-11-46(84)85)125-78-63(108)56(101)69(40(118-78)28-133-19-12-47(86)87)124-75-60(105)53(98)68(38(115-75)26-114-34-131(113,35-7-3-1-4-8-35)36-9-5-2-6-10-36)123-77-62(107)55(100)71(41(117-77)29-134-20-13-48(88)89)126-79-64(109)57(102)72(42(119-79)30-135-21-14-49(90)91)127-80-65(110)58(103)73(43(120-80)31-136-22-15-50(92)93)128-81-66(111)59(104)74(130-82)44(121-81)32-137-23-16-51(94)95/h1-10,37-45,53-81,83,98-112H,11-34H2,(H,84,85)(H,86,87)(H,88,89)(H,90,91)(H,92,93)(H,94,95)(H,96,97)/t37-,38-,39-,40-,41-,42-,43-,44-,45-,53-,54-,55-,56+,57-,58+,59+,60-,61-,62-,63-,64-,65-,66-,67+,68-,69-,70-,71-,72-,73-,74-,75-,76-,77-,78-,79-,80-,81-,82+/m1/s1. The van der Waals surface area contributed by atoms with Gasteiger partial charge < -0.3 is 203 Å². The van der Waals surface area contributed by atoms with E-state index in [0.717, 1.165) is 82.3 Å². The second kappa shape index (κ2) is 54.1. The summed E-state index contributed by atoms with van der Waals surface area (Å²) in [5.74, 6) is -16.0. The summed E-state index contributed by atoms with van der Waals surface area (Å²) in [4.78, 5) is 83.2. The summed E-state index contributed by atoms with van der Waals surface area (Å²) in [7, 11) is -3.85. The minimum absolute atomic E-state index is 0.161. The van der Waals surface area contributed by atoms with Crippen LogP contribution in [0.5, 0.6) is 0 Å². The molecule has 30 heterocycles. The van der Waals surface area contributed by atoms with Crippen LogP contribution in [0.1, 0.15) is 51.4 Å². The van der Waals surface area contributed by atoms with Crippen LogP contribution in [-0.2, 0) is 119 Å². The van der Waals surface area contributed by atoms with Crippen LogP contribution in [0.2, 0.25) is 0 Å². The van der Waals surface area contributed by atoms with E-state index < -0.39 is 387 Å². The van der Waals surface area contributed by atoms with Crippen molar-refractivity contribution in [3.8, 4) is 0 Å². The fourth-order valence-corrected chi connectivity index (χ4v) is 25.5. The topological polar surface area (TPSA) is 759 Å². The number of rotatable bonds is 41. The highest BCUT2D eigenvalue weighted by Crippen LogP contribution is 2.47. The predicted octanol–water partition coefficient (Wildman–Crippen LogP) is -5.55. The van der Waals surface area contributed by atoms with Gasteiger partial charge in [-0.1, -0.05) is 60.7 Å². The van der Waals surface area contributed by atoms with E-state index in [1.807, 2.05) is 0 Å². The maximum absolute atomic E-state index is 15.5. The van der Waals surface area contributed by atoms with Gasteiger partial charge in [-0.15, -0.1) is 0 Å². The third-order valence-electron chi connectivity index (χ3n) is 23.5. The van der Waals surface area contributed by atoms with Gasteiger partial charge in [0.25, 0.3) is 5.97 Å². The molecule has 56 heteroatoms. The summed E-state index contributed by atoms with van der Waals surface area (Å²) in [5, 5.41) is 266. The first-order valence-electron chi connectivity index (χ1n) is 44.0. The van der Waals surface area contributed by atoms with Gasteiger partial charge in [0.05, 0.1) is 101 Å². The van der Waals surface area contributed by atoms with E-state index in [9.17, 15) is 151 Å². The summed E-state index contributed by atoms with van der Waals surface area (Å²) >= 11 is 6.11. The molecule has 138 heavy (non-hydrogen) atoms. The van der Waals surface area contributed by atoms with Crippen LogP contribution in [0.15, 0.2) is 60.7 Å². The van der Waals surface area contributed by atoms with Crippen molar-refractivity contribution in [3.63, 3.8) is 0 Å². The summed E-state index contributed by atoms with van der Waals surface area (Å²) in [6.45, 7) is -0.815. The smallest absolute Gasteiger partial charge is 0.304 e. The maximum Gasteiger partial charge on any atom is 0.304 e. The molecular weight excluding hydrogens is 2010 g/mol. The Labute approximate surface area is 817 Å². The zero-order valence-electron chi connectivity index (χ0n) is 73.5. The molecule has 39 atom stereocenters. The molecule has 32 rings (SSSR count). The van der Waals surface area contributed by atoms with E-state index in [1.54, 1.807) is 60.7 Å². The quantitative estimate of drug-likeness (QED) is 0.0218. The number of ether oxygens (including phenoxy) is 17. The Bertz CT molecular complexity index is 4160. The molecule has 0 aliphatic carbocycles. The highest BCUT2D eigenvalue weighted by Gasteiger charge is 2.62. The van der Waals surface area contributed by atoms with E-state index >= 15 is 4.57 Å². The molecule has 0 spiro atoms. The fraction of sp³-hybridized carbons (Fsp3) is 0.768. The Hall–Kier alpha value is -3.91. The number of carboxylic acids is 7. The minimum Gasteiger partial charge on any atom is -0.481 e. The molecule has 30 fully saturated rings. The van der Waals surface area contributed by atoms with Gasteiger partial charge in [-0.3, -0.25) is 33.6 Å². The first-order valence-corrected chi connectivity index (χ1v) is 53.9. The molecular formula is C82H119O48PS7. The zero-order chi connectivity index (χ0) is 100. The molecule has 0 aromatic heterocycles. The Balaban J connectivity index is 0.985. The van der Waals surface area contributed by atoms with Crippen LogP contribution >= 0.6 is 89.5 Å². The lowest BCUT2D eigenvalue weighted by Crippen LogP contribution is -2.69. The number of benzene rings is 2. The Morgan fingerprint density at radius 3 is 0.739 bits per heavy atom. The number of hydrogen-bond acceptors (Lipinski definition) is 48. The number of thioether (sulfide) groups is 7. The molecule has 0 unspecified atom stereocenters. The lowest BCUT2D eigenvalue weighted by Gasteiger charge is -2.51. The molecule has 0 radical (unpaired) electrons. The van der Waals surface area contributed by atoms with E-state index in [0.29, 0.717) is 10.6 Å². The number of carbonyl (C=O) groups is 7. The van der Waals surface area contributed by atoms with Crippen LogP contribution in [0, 0.1) is 0 Å². The van der Waals surface area contributed by atoms with Crippen molar-refractivity contribution in [1.29, 1.82) is 0 Å². The van der Waals surface area contributed by atoms with Crippen molar-refractivity contribution >= 4 is 142 Å². The van der Waals surface area contributed by atoms with Crippen molar-refractivity contribution in [3.05, 3.63) is 60.7 Å². The first-order chi connectivity index (χ1) is 65.6. The van der Waals surface area contributed by atoms with Gasteiger partial charge in [-0.25, -0.2) is 0 Å². The van der Waals surface area contributed by atoms with Crippen LogP contribution in [0.3, 0.4) is 0 Å². The van der Waals surface area contributed by atoms with Crippen molar-refractivity contribution in [2.45, 2.75) is 291 Å². The number of aliphatic hydroxyl groups excluding tert-OH is 15. The van der Waals surface area contributed by atoms with Gasteiger partial charge in [0, 0.05) is 91.1 Å². The van der Waals surface area contributed by atoms with E-state index in [1.165, 1.54) is 0 Å². The van der Waals surface area contributed by atoms with Gasteiger partial charge in [-0.2, -0.15) is 82.3 Å². The zero-order valence-corrected chi connectivity index (χ0v) is 80.1. The van der Waals surface area contributed by atoms with Crippen molar-refractivity contribution < 1.29 is 236 Å². The lowest BCUT2D eigenvalue weighted by atomic mass is 9.95. The average Bonchev–Trinajstić information content (AvgIpc) is 0.797. The lowest BCUT2D eigenvalue weighted by molar-refractivity contribution is -0.451. The second-order valence-corrected chi connectivity index (χ2v) is 44.4.